The molecule has 1 saturated heterocycles. The van der Waals surface area contributed by atoms with Crippen LogP contribution < -0.4 is 4.74 Å². The lowest BCUT2D eigenvalue weighted by molar-refractivity contribution is -0.133. The highest BCUT2D eigenvalue weighted by Gasteiger charge is 2.25. The van der Waals surface area contributed by atoms with Gasteiger partial charge < -0.3 is 14.2 Å². The maximum Gasteiger partial charge on any atom is 0.233 e. The van der Waals surface area contributed by atoms with Gasteiger partial charge in [-0.25, -0.2) is 0 Å². The van der Waals surface area contributed by atoms with Crippen LogP contribution in [0.2, 0.25) is 0 Å². The summed E-state index contributed by atoms with van der Waals surface area (Å²) in [4.78, 5) is 14.4. The molecule has 7 heteroatoms. The van der Waals surface area contributed by atoms with Crippen molar-refractivity contribution >= 4 is 5.91 Å². The SMILES string of the molecule is Cc1ccc(O[C@H]2CCCN(C(=O)CCc3c(C)noc3C)C2)nn1. The van der Waals surface area contributed by atoms with E-state index in [-0.39, 0.29) is 12.0 Å². The van der Waals surface area contributed by atoms with Crippen LogP contribution in [0.15, 0.2) is 16.7 Å². The van der Waals surface area contributed by atoms with E-state index in [9.17, 15) is 4.79 Å². The molecule has 1 amide bonds. The second-order valence-electron chi connectivity index (χ2n) is 6.54. The van der Waals surface area contributed by atoms with Crippen LogP contribution in [0.25, 0.3) is 0 Å². The summed E-state index contributed by atoms with van der Waals surface area (Å²) in [7, 11) is 0. The zero-order valence-corrected chi connectivity index (χ0v) is 15.0. The third-order valence-electron chi connectivity index (χ3n) is 4.56. The van der Waals surface area contributed by atoms with Gasteiger partial charge in [0.1, 0.15) is 11.9 Å². The fourth-order valence-corrected chi connectivity index (χ4v) is 3.13. The number of nitrogens with zero attached hydrogens (tertiary/aromatic N) is 4. The maximum absolute atomic E-state index is 12.5. The molecule has 3 rings (SSSR count). The van der Waals surface area contributed by atoms with Gasteiger partial charge in [0.2, 0.25) is 11.8 Å². The number of aryl methyl sites for hydroxylation is 3. The van der Waals surface area contributed by atoms with E-state index in [1.807, 2.05) is 37.8 Å². The third-order valence-corrected chi connectivity index (χ3v) is 4.56. The Labute approximate surface area is 147 Å². The molecular weight excluding hydrogens is 320 g/mol. The van der Waals surface area contributed by atoms with Crippen molar-refractivity contribution in [3.05, 3.63) is 34.8 Å². The lowest BCUT2D eigenvalue weighted by atomic mass is 10.1. The Morgan fingerprint density at radius 2 is 2.16 bits per heavy atom. The summed E-state index contributed by atoms with van der Waals surface area (Å²) in [5.41, 5.74) is 2.75. The van der Waals surface area contributed by atoms with Crippen LogP contribution in [0, 0.1) is 20.8 Å². The van der Waals surface area contributed by atoms with Crippen molar-refractivity contribution in [3.8, 4) is 5.88 Å². The molecule has 1 aliphatic heterocycles. The highest BCUT2D eigenvalue weighted by atomic mass is 16.5. The lowest BCUT2D eigenvalue weighted by Gasteiger charge is -2.32. The van der Waals surface area contributed by atoms with Crippen LogP contribution in [-0.4, -0.2) is 45.4 Å². The summed E-state index contributed by atoms with van der Waals surface area (Å²) in [5, 5.41) is 12.0. The summed E-state index contributed by atoms with van der Waals surface area (Å²) < 4.78 is 11.0. The molecule has 0 aromatic carbocycles. The first-order valence-corrected chi connectivity index (χ1v) is 8.69. The van der Waals surface area contributed by atoms with Gasteiger partial charge in [-0.15, -0.1) is 5.10 Å². The van der Waals surface area contributed by atoms with Crippen LogP contribution in [0.1, 0.15) is 42.0 Å². The molecule has 2 aromatic rings. The topological polar surface area (TPSA) is 81.4 Å². The van der Waals surface area contributed by atoms with Gasteiger partial charge in [-0.05, 0) is 46.1 Å². The van der Waals surface area contributed by atoms with Gasteiger partial charge >= 0.3 is 0 Å². The average Bonchev–Trinajstić information content (AvgIpc) is 2.93. The molecule has 2 aromatic heterocycles. The van der Waals surface area contributed by atoms with E-state index in [2.05, 4.69) is 15.4 Å². The van der Waals surface area contributed by atoms with Crippen LogP contribution in [0.4, 0.5) is 0 Å². The fourth-order valence-electron chi connectivity index (χ4n) is 3.13. The lowest BCUT2D eigenvalue weighted by Crippen LogP contribution is -2.44. The van der Waals surface area contributed by atoms with E-state index >= 15 is 0 Å². The third kappa shape index (κ3) is 4.35. The Morgan fingerprint density at radius 1 is 1.32 bits per heavy atom. The maximum atomic E-state index is 12.5. The first-order valence-electron chi connectivity index (χ1n) is 8.69. The first-order chi connectivity index (χ1) is 12.0. The number of ether oxygens (including phenoxy) is 1. The van der Waals surface area contributed by atoms with Crippen molar-refractivity contribution in [2.45, 2.75) is 52.6 Å². The summed E-state index contributed by atoms with van der Waals surface area (Å²) in [5.74, 6) is 1.45. The molecule has 134 valence electrons. The first kappa shape index (κ1) is 17.4. The summed E-state index contributed by atoms with van der Waals surface area (Å²) in [6.45, 7) is 7.05. The molecule has 1 fully saturated rings. The van der Waals surface area contributed by atoms with Crippen molar-refractivity contribution in [1.82, 2.24) is 20.3 Å². The Balaban J connectivity index is 1.53. The molecule has 0 N–H and O–H groups in total. The van der Waals surface area contributed by atoms with E-state index in [1.54, 1.807) is 0 Å². The second kappa shape index (κ2) is 7.63. The van der Waals surface area contributed by atoms with Crippen molar-refractivity contribution in [3.63, 3.8) is 0 Å². The summed E-state index contributed by atoms with van der Waals surface area (Å²) in [6.07, 6.45) is 2.93. The number of likely N-dealkylation sites (tertiary alicyclic amines) is 1. The van der Waals surface area contributed by atoms with Gasteiger partial charge in [-0.2, -0.15) is 5.10 Å². The predicted octanol–water partition coefficient (Wildman–Crippen LogP) is 2.39. The number of carbonyl (C=O) groups excluding carboxylic acids is 1. The van der Waals surface area contributed by atoms with Crippen LogP contribution in [-0.2, 0) is 11.2 Å². The van der Waals surface area contributed by atoms with E-state index in [1.165, 1.54) is 0 Å². The molecule has 0 radical (unpaired) electrons. The number of aromatic nitrogens is 3. The molecule has 0 spiro atoms. The number of amides is 1. The largest absolute Gasteiger partial charge is 0.471 e. The monoisotopic (exact) mass is 344 g/mol. The number of rotatable bonds is 5. The standard InChI is InChI=1S/C18H24N4O3/c1-12-6-8-17(20-19-12)24-15-5-4-10-22(11-15)18(23)9-7-16-13(2)21-25-14(16)3/h6,8,15H,4-5,7,9-11H2,1-3H3/t15-/m0/s1. The highest BCUT2D eigenvalue weighted by Crippen LogP contribution is 2.19. The number of hydrogen-bond acceptors (Lipinski definition) is 6. The Hall–Kier alpha value is -2.44. The minimum Gasteiger partial charge on any atom is -0.471 e. The second-order valence-corrected chi connectivity index (χ2v) is 6.54. The average molecular weight is 344 g/mol. The molecular formula is C18H24N4O3. The van der Waals surface area contributed by atoms with Gasteiger partial charge in [0.25, 0.3) is 0 Å². The number of carbonyl (C=O) groups is 1. The van der Waals surface area contributed by atoms with Gasteiger partial charge in [-0.3, -0.25) is 4.79 Å². The number of piperidine rings is 1. The van der Waals surface area contributed by atoms with Crippen molar-refractivity contribution < 1.29 is 14.1 Å². The smallest absolute Gasteiger partial charge is 0.233 e. The van der Waals surface area contributed by atoms with Gasteiger partial charge in [0.05, 0.1) is 17.9 Å². The van der Waals surface area contributed by atoms with E-state index in [4.69, 9.17) is 9.26 Å². The molecule has 0 bridgehead atoms. The molecule has 0 unspecified atom stereocenters. The normalized spacial score (nSPS) is 17.6. The van der Waals surface area contributed by atoms with Gasteiger partial charge in [0.15, 0.2) is 0 Å². The zero-order valence-electron chi connectivity index (χ0n) is 15.0. The number of hydrogen-bond donors (Lipinski definition) is 0. The molecule has 3 heterocycles. The minimum atomic E-state index is -0.0335. The van der Waals surface area contributed by atoms with Crippen molar-refractivity contribution in [2.24, 2.45) is 0 Å². The predicted molar refractivity (Wildman–Crippen MR) is 91.3 cm³/mol. The van der Waals surface area contributed by atoms with E-state index < -0.39 is 0 Å². The molecule has 1 atom stereocenters. The Morgan fingerprint density at radius 3 is 2.84 bits per heavy atom. The Kier molecular flexibility index (Phi) is 5.31. The molecule has 0 saturated carbocycles. The van der Waals surface area contributed by atoms with Crippen LogP contribution >= 0.6 is 0 Å². The molecule has 25 heavy (non-hydrogen) atoms. The van der Waals surface area contributed by atoms with E-state index in [0.717, 1.165) is 42.1 Å². The van der Waals surface area contributed by atoms with Crippen LogP contribution in [0.3, 0.4) is 0 Å². The van der Waals surface area contributed by atoms with Crippen molar-refractivity contribution in [2.75, 3.05) is 13.1 Å². The molecule has 1 aliphatic rings. The quantitative estimate of drug-likeness (QED) is 0.828. The molecule has 0 aliphatic carbocycles. The van der Waals surface area contributed by atoms with Crippen molar-refractivity contribution in [1.29, 1.82) is 0 Å². The summed E-state index contributed by atoms with van der Waals surface area (Å²) in [6, 6.07) is 3.69. The fraction of sp³-hybridized carbons (Fsp3) is 0.556. The summed E-state index contributed by atoms with van der Waals surface area (Å²) >= 11 is 0. The zero-order chi connectivity index (χ0) is 17.8. The molecule has 7 nitrogen and oxygen atoms in total. The minimum absolute atomic E-state index is 0.0335. The highest BCUT2D eigenvalue weighted by molar-refractivity contribution is 5.76. The van der Waals surface area contributed by atoms with Gasteiger partial charge in [-0.1, -0.05) is 5.16 Å². The van der Waals surface area contributed by atoms with E-state index in [0.29, 0.717) is 25.3 Å². The van der Waals surface area contributed by atoms with Gasteiger partial charge in [0, 0.05) is 24.6 Å². The van der Waals surface area contributed by atoms with Crippen LogP contribution in [0.5, 0.6) is 5.88 Å². The Bertz CT molecular complexity index is 707.